The highest BCUT2D eigenvalue weighted by molar-refractivity contribution is 7.18. The Hall–Kier alpha value is -0.550. The van der Waals surface area contributed by atoms with E-state index in [-0.39, 0.29) is 0 Å². The van der Waals surface area contributed by atoms with Crippen molar-refractivity contribution in [3.05, 3.63) is 0 Å². The molecular weight excluding hydrogens is 172 g/mol. The van der Waals surface area contributed by atoms with Crippen molar-refractivity contribution in [1.29, 1.82) is 0 Å². The number of nitrogens with zero attached hydrogens (tertiary/aromatic N) is 2. The number of alkyl halides is 1. The van der Waals surface area contributed by atoms with E-state index >= 15 is 0 Å². The number of nitrogens with two attached hydrogens (primary N) is 1. The van der Waals surface area contributed by atoms with Crippen molar-refractivity contribution in [1.82, 2.24) is 10.2 Å². The first-order valence-corrected chi connectivity index (χ1v) is 4.07. The second-order valence-electron chi connectivity index (χ2n) is 1.56. The fourth-order valence-electron chi connectivity index (χ4n) is 0.460. The van der Waals surface area contributed by atoms with Crippen LogP contribution < -0.4 is 11.1 Å². The average Bonchev–Trinajstić information content (AvgIpc) is 2.31. The van der Waals surface area contributed by atoms with Gasteiger partial charge in [0.2, 0.25) is 10.3 Å². The fraction of sp³-hybridized carbons (Fsp3) is 0.500. The number of aromatic nitrogens is 2. The first-order chi connectivity index (χ1) is 4.83. The molecule has 4 nitrogen and oxygen atoms in total. The van der Waals surface area contributed by atoms with Crippen molar-refractivity contribution in [3.8, 4) is 0 Å². The molecule has 0 spiro atoms. The molecule has 0 aliphatic rings. The van der Waals surface area contributed by atoms with Gasteiger partial charge in [-0.2, -0.15) is 0 Å². The Kier molecular flexibility index (Phi) is 2.70. The summed E-state index contributed by atoms with van der Waals surface area (Å²) in [5, 5.41) is 11.5. The van der Waals surface area contributed by atoms with Crippen molar-refractivity contribution in [2.75, 3.05) is 23.5 Å². The summed E-state index contributed by atoms with van der Waals surface area (Å²) in [6.45, 7) is 0.691. The Labute approximate surface area is 67.4 Å². The molecule has 0 atom stereocenters. The lowest BCUT2D eigenvalue weighted by Crippen LogP contribution is -2.01. The third kappa shape index (κ3) is 2.00. The van der Waals surface area contributed by atoms with Crippen molar-refractivity contribution in [2.45, 2.75) is 0 Å². The van der Waals surface area contributed by atoms with Crippen LogP contribution in [0.3, 0.4) is 0 Å². The lowest BCUT2D eigenvalue weighted by atomic mass is 10.8. The molecule has 0 bridgehead atoms. The number of nitrogens with one attached hydrogen (secondary N) is 1. The lowest BCUT2D eigenvalue weighted by molar-refractivity contribution is 1.07. The van der Waals surface area contributed by atoms with Gasteiger partial charge in [0.1, 0.15) is 0 Å². The standard InChI is InChI=1S/C4H7ClN4S/c5-1-2-7-4-9-8-3(6)10-4/h1-2H2,(H2,6,8)(H,7,9). The van der Waals surface area contributed by atoms with Gasteiger partial charge in [-0.3, -0.25) is 0 Å². The zero-order valence-corrected chi connectivity index (χ0v) is 6.74. The molecule has 0 aromatic carbocycles. The molecule has 56 valence electrons. The minimum absolute atomic E-state index is 0.470. The van der Waals surface area contributed by atoms with Gasteiger partial charge in [-0.05, 0) is 0 Å². The topological polar surface area (TPSA) is 63.8 Å². The Morgan fingerprint density at radius 2 is 2.40 bits per heavy atom. The van der Waals surface area contributed by atoms with Crippen molar-refractivity contribution in [3.63, 3.8) is 0 Å². The summed E-state index contributed by atoms with van der Waals surface area (Å²) in [4.78, 5) is 0. The minimum Gasteiger partial charge on any atom is -0.374 e. The van der Waals surface area contributed by atoms with Crippen molar-refractivity contribution < 1.29 is 0 Å². The normalized spacial score (nSPS) is 9.70. The van der Waals surface area contributed by atoms with Gasteiger partial charge in [0, 0.05) is 12.4 Å². The number of anilines is 2. The van der Waals surface area contributed by atoms with E-state index in [9.17, 15) is 0 Å². The predicted molar refractivity (Wildman–Crippen MR) is 43.5 cm³/mol. The lowest BCUT2D eigenvalue weighted by Gasteiger charge is -1.93. The quantitative estimate of drug-likeness (QED) is 0.672. The fourth-order valence-corrected chi connectivity index (χ4v) is 1.09. The van der Waals surface area contributed by atoms with Crippen LogP contribution >= 0.6 is 22.9 Å². The Morgan fingerprint density at radius 1 is 1.60 bits per heavy atom. The number of hydrogen-bond acceptors (Lipinski definition) is 5. The highest BCUT2D eigenvalue weighted by Gasteiger charge is 1.96. The van der Waals surface area contributed by atoms with E-state index in [1.54, 1.807) is 0 Å². The highest BCUT2D eigenvalue weighted by Crippen LogP contribution is 2.15. The summed E-state index contributed by atoms with van der Waals surface area (Å²) in [5.74, 6) is 0.555. The second kappa shape index (κ2) is 3.58. The molecule has 1 aromatic rings. The molecule has 0 saturated carbocycles. The smallest absolute Gasteiger partial charge is 0.207 e. The van der Waals surface area contributed by atoms with Crippen LogP contribution in [0.1, 0.15) is 0 Å². The molecule has 1 rings (SSSR count). The minimum atomic E-state index is 0.470. The molecule has 0 amide bonds. The number of nitrogen functional groups attached to an aromatic ring is 1. The van der Waals surface area contributed by atoms with E-state index in [0.717, 1.165) is 5.13 Å². The van der Waals surface area contributed by atoms with Gasteiger partial charge in [-0.25, -0.2) is 0 Å². The van der Waals surface area contributed by atoms with Gasteiger partial charge in [0.25, 0.3) is 0 Å². The summed E-state index contributed by atoms with van der Waals surface area (Å²) in [7, 11) is 0. The Morgan fingerprint density at radius 3 is 2.90 bits per heavy atom. The highest BCUT2D eigenvalue weighted by atomic mass is 35.5. The monoisotopic (exact) mass is 178 g/mol. The summed E-state index contributed by atoms with van der Waals surface area (Å²) >= 11 is 6.73. The molecule has 0 fully saturated rings. The second-order valence-corrected chi connectivity index (χ2v) is 2.95. The summed E-state index contributed by atoms with van der Waals surface area (Å²) in [5.41, 5.74) is 5.32. The number of rotatable bonds is 3. The van der Waals surface area contributed by atoms with Crippen LogP contribution in [-0.2, 0) is 0 Å². The predicted octanol–water partition coefficient (Wildman–Crippen LogP) is 0.771. The molecule has 0 aliphatic carbocycles. The Balaban J connectivity index is 2.42. The van der Waals surface area contributed by atoms with Crippen LogP contribution in [0.5, 0.6) is 0 Å². The van der Waals surface area contributed by atoms with Crippen LogP contribution in [0.4, 0.5) is 10.3 Å². The third-order valence-corrected chi connectivity index (χ3v) is 1.71. The van der Waals surface area contributed by atoms with Gasteiger partial charge in [0.05, 0.1) is 0 Å². The molecular formula is C4H7ClN4S. The van der Waals surface area contributed by atoms with Gasteiger partial charge in [0.15, 0.2) is 0 Å². The van der Waals surface area contributed by atoms with E-state index < -0.39 is 0 Å². The van der Waals surface area contributed by atoms with Crippen LogP contribution in [0.15, 0.2) is 0 Å². The van der Waals surface area contributed by atoms with Crippen LogP contribution in [-0.4, -0.2) is 22.6 Å². The first kappa shape index (κ1) is 7.56. The van der Waals surface area contributed by atoms with Gasteiger partial charge in [-0.1, -0.05) is 11.3 Å². The Bertz CT molecular complexity index is 201. The zero-order valence-electron chi connectivity index (χ0n) is 5.17. The SMILES string of the molecule is Nc1nnc(NCCCl)s1. The van der Waals surface area contributed by atoms with Crippen LogP contribution in [0, 0.1) is 0 Å². The van der Waals surface area contributed by atoms with E-state index in [4.69, 9.17) is 17.3 Å². The summed E-state index contributed by atoms with van der Waals surface area (Å²) < 4.78 is 0. The average molecular weight is 179 g/mol. The molecule has 10 heavy (non-hydrogen) atoms. The maximum Gasteiger partial charge on any atom is 0.207 e. The molecule has 0 unspecified atom stereocenters. The largest absolute Gasteiger partial charge is 0.374 e. The molecule has 0 saturated heterocycles. The molecule has 1 aromatic heterocycles. The van der Waals surface area contributed by atoms with Gasteiger partial charge >= 0.3 is 0 Å². The number of halogens is 1. The van der Waals surface area contributed by atoms with E-state index in [2.05, 4.69) is 15.5 Å². The van der Waals surface area contributed by atoms with Crippen molar-refractivity contribution in [2.24, 2.45) is 0 Å². The maximum absolute atomic E-state index is 5.42. The molecule has 1 heterocycles. The molecule has 3 N–H and O–H groups in total. The molecule has 0 radical (unpaired) electrons. The van der Waals surface area contributed by atoms with Crippen molar-refractivity contribution >= 4 is 33.2 Å². The van der Waals surface area contributed by atoms with Crippen LogP contribution in [0.2, 0.25) is 0 Å². The summed E-state index contributed by atoms with van der Waals surface area (Å²) in [6.07, 6.45) is 0. The third-order valence-electron chi connectivity index (χ3n) is 0.811. The molecule has 6 heteroatoms. The first-order valence-electron chi connectivity index (χ1n) is 2.71. The molecule has 0 aliphatic heterocycles. The maximum atomic E-state index is 5.42. The van der Waals surface area contributed by atoms with Gasteiger partial charge in [-0.15, -0.1) is 21.8 Å². The van der Waals surface area contributed by atoms with E-state index in [1.807, 2.05) is 0 Å². The van der Waals surface area contributed by atoms with Crippen LogP contribution in [0.25, 0.3) is 0 Å². The number of hydrogen-bond donors (Lipinski definition) is 2. The van der Waals surface area contributed by atoms with E-state index in [1.165, 1.54) is 11.3 Å². The van der Waals surface area contributed by atoms with E-state index in [0.29, 0.717) is 17.6 Å². The summed E-state index contributed by atoms with van der Waals surface area (Å²) in [6, 6.07) is 0. The zero-order chi connectivity index (χ0) is 7.40. The van der Waals surface area contributed by atoms with Gasteiger partial charge < -0.3 is 11.1 Å².